The van der Waals surface area contributed by atoms with Crippen LogP contribution in [0.1, 0.15) is 30.5 Å². The van der Waals surface area contributed by atoms with Gasteiger partial charge in [0.1, 0.15) is 6.61 Å². The van der Waals surface area contributed by atoms with E-state index in [2.05, 4.69) is 10.1 Å². The second kappa shape index (κ2) is 5.09. The van der Waals surface area contributed by atoms with Crippen molar-refractivity contribution in [2.75, 3.05) is 7.11 Å². The number of aliphatic carboxylic acids is 1. The summed E-state index contributed by atoms with van der Waals surface area (Å²) in [5.74, 6) is -0.729. The van der Waals surface area contributed by atoms with Crippen molar-refractivity contribution < 1.29 is 19.2 Å². The van der Waals surface area contributed by atoms with Gasteiger partial charge < -0.3 is 14.4 Å². The Morgan fingerprint density at radius 2 is 2.35 bits per heavy atom. The number of ether oxygens (including phenoxy) is 1. The van der Waals surface area contributed by atoms with E-state index in [-0.39, 0.29) is 12.5 Å². The Morgan fingerprint density at radius 3 is 3.06 bits per heavy atom. The van der Waals surface area contributed by atoms with E-state index in [0.717, 1.165) is 0 Å². The lowest BCUT2D eigenvalue weighted by molar-refractivity contribution is -0.142. The first kappa shape index (κ1) is 11.8. The zero-order valence-corrected chi connectivity index (χ0v) is 9.50. The maximum absolute atomic E-state index is 11.1. The van der Waals surface area contributed by atoms with Crippen LogP contribution in [0.5, 0.6) is 0 Å². The van der Waals surface area contributed by atoms with E-state index >= 15 is 0 Å². The molecule has 0 bridgehead atoms. The number of nitrogens with zero attached hydrogens (tertiary/aromatic N) is 2. The fourth-order valence-electron chi connectivity index (χ4n) is 1.97. The molecule has 1 aromatic rings. The third-order valence-corrected chi connectivity index (χ3v) is 2.82. The maximum Gasteiger partial charge on any atom is 0.307 e. The first-order chi connectivity index (χ1) is 8.22. The number of carboxylic acids is 1. The molecule has 6 heteroatoms. The molecule has 1 heterocycles. The van der Waals surface area contributed by atoms with E-state index in [1.807, 2.05) is 12.2 Å². The molecule has 1 aromatic heterocycles. The minimum atomic E-state index is -0.828. The molecule has 1 N–H and O–H groups in total. The monoisotopic (exact) mass is 238 g/mol. The molecule has 2 rings (SSSR count). The van der Waals surface area contributed by atoms with Crippen LogP contribution in [0, 0.1) is 5.92 Å². The van der Waals surface area contributed by atoms with Crippen LogP contribution in [-0.4, -0.2) is 28.3 Å². The van der Waals surface area contributed by atoms with Gasteiger partial charge in [0.25, 0.3) is 0 Å². The van der Waals surface area contributed by atoms with Crippen molar-refractivity contribution in [3.63, 3.8) is 0 Å². The molecule has 1 aliphatic carbocycles. The summed E-state index contributed by atoms with van der Waals surface area (Å²) in [6.07, 6.45) is 4.94. The fraction of sp³-hybridized carbons (Fsp3) is 0.545. The first-order valence-corrected chi connectivity index (χ1v) is 5.41. The lowest BCUT2D eigenvalue weighted by Gasteiger charge is -2.21. The first-order valence-electron chi connectivity index (χ1n) is 5.41. The Morgan fingerprint density at radius 1 is 1.59 bits per heavy atom. The number of carbonyl (C=O) groups is 1. The lowest BCUT2D eigenvalue weighted by atomic mass is 9.83. The van der Waals surface area contributed by atoms with Crippen molar-refractivity contribution in [1.82, 2.24) is 10.1 Å². The van der Waals surface area contributed by atoms with Crippen molar-refractivity contribution in [3.8, 4) is 0 Å². The van der Waals surface area contributed by atoms with E-state index in [9.17, 15) is 4.79 Å². The van der Waals surface area contributed by atoms with Crippen molar-refractivity contribution in [1.29, 1.82) is 0 Å². The molecular formula is C11H14N2O4. The van der Waals surface area contributed by atoms with E-state index in [4.69, 9.17) is 14.4 Å². The van der Waals surface area contributed by atoms with Gasteiger partial charge in [-0.3, -0.25) is 4.79 Å². The number of carboxylic acid groups (broad SMARTS) is 1. The highest BCUT2D eigenvalue weighted by atomic mass is 16.5. The zero-order valence-electron chi connectivity index (χ0n) is 9.50. The van der Waals surface area contributed by atoms with Gasteiger partial charge in [-0.05, 0) is 12.8 Å². The summed E-state index contributed by atoms with van der Waals surface area (Å²) in [5, 5.41) is 12.9. The second-order valence-corrected chi connectivity index (χ2v) is 3.98. The molecule has 0 aliphatic heterocycles. The van der Waals surface area contributed by atoms with Gasteiger partial charge in [-0.25, -0.2) is 0 Å². The number of allylic oxidation sites excluding steroid dienone is 2. The van der Waals surface area contributed by atoms with Crippen molar-refractivity contribution in [2.24, 2.45) is 5.92 Å². The lowest BCUT2D eigenvalue weighted by Crippen LogP contribution is -2.23. The van der Waals surface area contributed by atoms with Crippen molar-refractivity contribution in [2.45, 2.75) is 25.4 Å². The SMILES string of the molecule is COCc1noc([C@@H]2CC=CC[C@@H]2C(=O)O)n1. The summed E-state index contributed by atoms with van der Waals surface area (Å²) < 4.78 is 9.99. The van der Waals surface area contributed by atoms with Crippen LogP contribution in [0.4, 0.5) is 0 Å². The van der Waals surface area contributed by atoms with Gasteiger partial charge in [-0.2, -0.15) is 4.98 Å². The molecule has 0 spiro atoms. The fourth-order valence-corrected chi connectivity index (χ4v) is 1.97. The standard InChI is InChI=1S/C11H14N2O4/c1-16-6-9-12-10(17-13-9)7-4-2-3-5-8(7)11(14)15/h2-3,7-8H,4-6H2,1H3,(H,14,15)/t7-,8+/m1/s1. The number of rotatable bonds is 4. The van der Waals surface area contributed by atoms with Gasteiger partial charge >= 0.3 is 5.97 Å². The van der Waals surface area contributed by atoms with Gasteiger partial charge in [0.2, 0.25) is 5.89 Å². The zero-order chi connectivity index (χ0) is 12.3. The van der Waals surface area contributed by atoms with Gasteiger partial charge in [0.05, 0.1) is 11.8 Å². The second-order valence-electron chi connectivity index (χ2n) is 3.98. The number of hydrogen-bond acceptors (Lipinski definition) is 5. The molecule has 0 fully saturated rings. The third kappa shape index (κ3) is 2.52. The molecular weight excluding hydrogens is 224 g/mol. The van der Waals surface area contributed by atoms with Crippen LogP contribution >= 0.6 is 0 Å². The highest BCUT2D eigenvalue weighted by Crippen LogP contribution is 2.33. The molecule has 92 valence electrons. The van der Waals surface area contributed by atoms with Crippen LogP contribution in [0.3, 0.4) is 0 Å². The number of aromatic nitrogens is 2. The highest BCUT2D eigenvalue weighted by Gasteiger charge is 2.33. The summed E-state index contributed by atoms with van der Waals surface area (Å²) >= 11 is 0. The van der Waals surface area contributed by atoms with E-state index in [0.29, 0.717) is 24.6 Å². The van der Waals surface area contributed by atoms with E-state index in [1.54, 1.807) is 7.11 Å². The highest BCUT2D eigenvalue weighted by molar-refractivity contribution is 5.71. The summed E-state index contributed by atoms with van der Waals surface area (Å²) in [4.78, 5) is 15.3. The topological polar surface area (TPSA) is 85.5 Å². The summed E-state index contributed by atoms with van der Waals surface area (Å²) in [6, 6.07) is 0. The largest absolute Gasteiger partial charge is 0.481 e. The molecule has 6 nitrogen and oxygen atoms in total. The average molecular weight is 238 g/mol. The van der Waals surface area contributed by atoms with Crippen LogP contribution < -0.4 is 0 Å². The smallest absolute Gasteiger partial charge is 0.307 e. The quantitative estimate of drug-likeness (QED) is 0.797. The van der Waals surface area contributed by atoms with Gasteiger partial charge in [-0.15, -0.1) is 0 Å². The van der Waals surface area contributed by atoms with Crippen LogP contribution in [-0.2, 0) is 16.1 Å². The molecule has 0 radical (unpaired) electrons. The number of methoxy groups -OCH3 is 1. The van der Waals surface area contributed by atoms with E-state index in [1.165, 1.54) is 0 Å². The normalized spacial score (nSPS) is 23.8. The molecule has 0 saturated heterocycles. The predicted octanol–water partition coefficient (Wildman–Crippen LogP) is 1.35. The summed E-state index contributed by atoms with van der Waals surface area (Å²) in [5.41, 5.74) is 0. The molecule has 0 amide bonds. The van der Waals surface area contributed by atoms with Gasteiger partial charge in [0.15, 0.2) is 5.82 Å². The van der Waals surface area contributed by atoms with Crippen LogP contribution in [0.2, 0.25) is 0 Å². The van der Waals surface area contributed by atoms with E-state index < -0.39 is 11.9 Å². The molecule has 1 aliphatic rings. The Labute approximate surface area is 98.3 Å². The molecule has 0 saturated carbocycles. The molecule has 2 atom stereocenters. The summed E-state index contributed by atoms with van der Waals surface area (Å²) in [7, 11) is 1.54. The van der Waals surface area contributed by atoms with Crippen LogP contribution in [0.25, 0.3) is 0 Å². The molecule has 17 heavy (non-hydrogen) atoms. The Bertz CT molecular complexity index is 427. The molecule has 0 aromatic carbocycles. The van der Waals surface area contributed by atoms with Gasteiger partial charge in [-0.1, -0.05) is 17.3 Å². The van der Waals surface area contributed by atoms with Crippen molar-refractivity contribution >= 4 is 5.97 Å². The third-order valence-electron chi connectivity index (χ3n) is 2.82. The summed E-state index contributed by atoms with van der Waals surface area (Å²) in [6.45, 7) is 0.268. The Kier molecular flexibility index (Phi) is 3.53. The number of hydrogen-bond donors (Lipinski definition) is 1. The molecule has 0 unspecified atom stereocenters. The minimum absolute atomic E-state index is 0.240. The van der Waals surface area contributed by atoms with Crippen molar-refractivity contribution in [3.05, 3.63) is 23.9 Å². The average Bonchev–Trinajstić information content (AvgIpc) is 2.78. The Hall–Kier alpha value is -1.69. The Balaban J connectivity index is 2.18. The van der Waals surface area contributed by atoms with Crippen LogP contribution in [0.15, 0.2) is 16.7 Å². The minimum Gasteiger partial charge on any atom is -0.481 e. The maximum atomic E-state index is 11.1. The predicted molar refractivity (Wildman–Crippen MR) is 57.3 cm³/mol. The van der Waals surface area contributed by atoms with Gasteiger partial charge in [0, 0.05) is 7.11 Å².